The molecular weight excluding hydrogens is 285 g/mol. The van der Waals surface area contributed by atoms with Crippen molar-refractivity contribution in [2.24, 2.45) is 0 Å². The Morgan fingerprint density at radius 3 is 2.50 bits per heavy atom. The first-order valence-corrected chi connectivity index (χ1v) is 7.84. The minimum Gasteiger partial charge on any atom is -0.376 e. The van der Waals surface area contributed by atoms with Crippen molar-refractivity contribution in [2.75, 3.05) is 26.4 Å². The zero-order valence-electron chi connectivity index (χ0n) is 11.5. The van der Waals surface area contributed by atoms with E-state index in [1.54, 1.807) is 13.8 Å². The first-order chi connectivity index (χ1) is 9.40. The molecule has 0 spiro atoms. The molecule has 0 amide bonds. The first-order valence-electron chi connectivity index (χ1n) is 6.36. The number of hydrogen-bond acceptors (Lipinski definition) is 4. The molecule has 1 aliphatic heterocycles. The van der Waals surface area contributed by atoms with Gasteiger partial charge in [-0.1, -0.05) is 0 Å². The molecule has 1 aromatic rings. The largest absolute Gasteiger partial charge is 0.376 e. The Hall–Kier alpha value is -1.02. The van der Waals surface area contributed by atoms with Crippen LogP contribution in [0.3, 0.4) is 0 Å². The second-order valence-electron chi connectivity index (χ2n) is 4.79. The summed E-state index contributed by atoms with van der Waals surface area (Å²) < 4.78 is 50.9. The highest BCUT2D eigenvalue weighted by atomic mass is 32.2. The van der Waals surface area contributed by atoms with E-state index in [9.17, 15) is 12.8 Å². The molecule has 5 nitrogen and oxygen atoms in total. The number of hydrogen-bond donors (Lipinski definition) is 1. The normalized spacial score (nSPS) is 20.1. The monoisotopic (exact) mass is 303 g/mol. The van der Waals surface area contributed by atoms with Gasteiger partial charge >= 0.3 is 0 Å². The zero-order valence-corrected chi connectivity index (χ0v) is 12.3. The number of benzene rings is 1. The molecule has 1 N–H and O–H groups in total. The summed E-state index contributed by atoms with van der Waals surface area (Å²) in [7, 11) is -3.69. The fourth-order valence-electron chi connectivity index (χ4n) is 2.25. The first kappa shape index (κ1) is 15.4. The molecule has 0 aromatic heterocycles. The van der Waals surface area contributed by atoms with E-state index in [2.05, 4.69) is 4.72 Å². The second kappa shape index (κ2) is 6.17. The maximum atomic E-state index is 13.2. The smallest absolute Gasteiger partial charge is 0.241 e. The zero-order chi connectivity index (χ0) is 14.8. The van der Waals surface area contributed by atoms with E-state index in [4.69, 9.17) is 9.47 Å². The van der Waals surface area contributed by atoms with Crippen molar-refractivity contribution in [1.29, 1.82) is 0 Å². The van der Waals surface area contributed by atoms with Gasteiger partial charge in [0.1, 0.15) is 5.82 Å². The van der Waals surface area contributed by atoms with Gasteiger partial charge < -0.3 is 9.47 Å². The molecule has 2 rings (SSSR count). The molecule has 7 heteroatoms. The fourth-order valence-corrected chi connectivity index (χ4v) is 3.77. The van der Waals surface area contributed by atoms with Gasteiger partial charge in [0.25, 0.3) is 0 Å². The average Bonchev–Trinajstić information content (AvgIpc) is 2.36. The molecule has 1 aliphatic rings. The Labute approximate surface area is 118 Å². The third-order valence-corrected chi connectivity index (χ3v) is 4.81. The van der Waals surface area contributed by atoms with Crippen LogP contribution in [0.15, 0.2) is 17.0 Å². The third kappa shape index (κ3) is 3.54. The van der Waals surface area contributed by atoms with Crippen molar-refractivity contribution in [3.63, 3.8) is 0 Å². The summed E-state index contributed by atoms with van der Waals surface area (Å²) >= 11 is 0. The second-order valence-corrected chi connectivity index (χ2v) is 6.49. The topological polar surface area (TPSA) is 64.6 Å². The van der Waals surface area contributed by atoms with Gasteiger partial charge in [0.05, 0.1) is 30.8 Å². The number of sulfonamides is 1. The predicted molar refractivity (Wildman–Crippen MR) is 71.6 cm³/mol. The average molecular weight is 303 g/mol. The molecule has 0 saturated carbocycles. The predicted octanol–water partition coefficient (Wildman–Crippen LogP) is 1.14. The Morgan fingerprint density at radius 1 is 1.30 bits per heavy atom. The van der Waals surface area contributed by atoms with Crippen LogP contribution in [-0.4, -0.2) is 40.9 Å². The molecule has 0 aliphatic carbocycles. The quantitative estimate of drug-likeness (QED) is 0.906. The lowest BCUT2D eigenvalue weighted by atomic mass is 10.1. The van der Waals surface area contributed by atoms with Gasteiger partial charge in [-0.2, -0.15) is 0 Å². The lowest BCUT2D eigenvalue weighted by Crippen LogP contribution is -2.40. The third-order valence-electron chi connectivity index (χ3n) is 3.08. The lowest BCUT2D eigenvalue weighted by molar-refractivity contribution is -0.0846. The van der Waals surface area contributed by atoms with Crippen molar-refractivity contribution >= 4 is 10.0 Å². The molecule has 1 aromatic carbocycles. The minimum atomic E-state index is -3.69. The van der Waals surface area contributed by atoms with E-state index in [0.717, 1.165) is 0 Å². The van der Waals surface area contributed by atoms with Crippen LogP contribution < -0.4 is 4.72 Å². The maximum Gasteiger partial charge on any atom is 0.241 e. The molecule has 112 valence electrons. The highest BCUT2D eigenvalue weighted by Crippen LogP contribution is 2.21. The standard InChI is InChI=1S/C13H18FNO4S/c1-9-5-11(14)6-10(2)13(9)20(16,17)15-7-12-8-18-3-4-19-12/h5-6,12,15H,3-4,7-8H2,1-2H3. The van der Waals surface area contributed by atoms with Crippen LogP contribution in [0.2, 0.25) is 0 Å². The van der Waals surface area contributed by atoms with Crippen LogP contribution in [0.5, 0.6) is 0 Å². The van der Waals surface area contributed by atoms with E-state index in [1.165, 1.54) is 12.1 Å². The summed E-state index contributed by atoms with van der Waals surface area (Å²) in [5.41, 5.74) is 0.770. The maximum absolute atomic E-state index is 13.2. The van der Waals surface area contributed by atoms with E-state index in [0.29, 0.717) is 30.9 Å². The van der Waals surface area contributed by atoms with Gasteiger partial charge in [0.2, 0.25) is 10.0 Å². The van der Waals surface area contributed by atoms with Gasteiger partial charge in [-0.15, -0.1) is 0 Å². The van der Waals surface area contributed by atoms with Crippen molar-refractivity contribution in [1.82, 2.24) is 4.72 Å². The summed E-state index contributed by atoms with van der Waals surface area (Å²) in [4.78, 5) is 0.121. The molecule has 0 radical (unpaired) electrons. The van der Waals surface area contributed by atoms with Gasteiger partial charge in [-0.25, -0.2) is 17.5 Å². The van der Waals surface area contributed by atoms with Gasteiger partial charge in [-0.05, 0) is 37.1 Å². The molecular formula is C13H18FNO4S. The molecule has 1 fully saturated rings. The van der Waals surface area contributed by atoms with E-state index in [1.807, 2.05) is 0 Å². The van der Waals surface area contributed by atoms with Crippen LogP contribution in [0, 0.1) is 19.7 Å². The summed E-state index contributed by atoms with van der Waals surface area (Å²) in [6, 6.07) is 2.42. The van der Waals surface area contributed by atoms with Crippen LogP contribution in [0.1, 0.15) is 11.1 Å². The molecule has 0 bridgehead atoms. The van der Waals surface area contributed by atoms with E-state index < -0.39 is 15.8 Å². The van der Waals surface area contributed by atoms with Crippen LogP contribution in [0.4, 0.5) is 4.39 Å². The van der Waals surface area contributed by atoms with Gasteiger partial charge in [-0.3, -0.25) is 0 Å². The highest BCUT2D eigenvalue weighted by Gasteiger charge is 2.23. The van der Waals surface area contributed by atoms with E-state index in [-0.39, 0.29) is 17.5 Å². The van der Waals surface area contributed by atoms with Crippen LogP contribution in [-0.2, 0) is 19.5 Å². The summed E-state index contributed by atoms with van der Waals surface area (Å²) in [6.07, 6.45) is -0.292. The molecule has 1 heterocycles. The molecule has 1 unspecified atom stereocenters. The van der Waals surface area contributed by atoms with Crippen molar-refractivity contribution in [3.8, 4) is 0 Å². The lowest BCUT2D eigenvalue weighted by Gasteiger charge is -2.23. The van der Waals surface area contributed by atoms with Crippen molar-refractivity contribution in [2.45, 2.75) is 24.8 Å². The number of rotatable bonds is 4. The summed E-state index contributed by atoms with van der Waals surface area (Å²) in [5.74, 6) is -0.442. The summed E-state index contributed by atoms with van der Waals surface area (Å²) in [5, 5.41) is 0. The number of aryl methyl sites for hydroxylation is 2. The fraction of sp³-hybridized carbons (Fsp3) is 0.538. The molecule has 1 atom stereocenters. The number of nitrogens with one attached hydrogen (secondary N) is 1. The summed E-state index contributed by atoms with van der Waals surface area (Å²) in [6.45, 7) is 4.64. The Bertz CT molecular complexity index is 559. The Kier molecular flexibility index (Phi) is 4.74. The van der Waals surface area contributed by atoms with Crippen molar-refractivity contribution < 1.29 is 22.3 Å². The molecule has 20 heavy (non-hydrogen) atoms. The van der Waals surface area contributed by atoms with E-state index >= 15 is 0 Å². The molecule has 1 saturated heterocycles. The Balaban J connectivity index is 2.14. The number of halogens is 1. The van der Waals surface area contributed by atoms with Crippen LogP contribution in [0.25, 0.3) is 0 Å². The SMILES string of the molecule is Cc1cc(F)cc(C)c1S(=O)(=O)NCC1COCCO1. The van der Waals surface area contributed by atoms with Crippen LogP contribution >= 0.6 is 0 Å². The Morgan fingerprint density at radius 2 is 1.95 bits per heavy atom. The number of ether oxygens (including phenoxy) is 2. The highest BCUT2D eigenvalue weighted by molar-refractivity contribution is 7.89. The minimum absolute atomic E-state index is 0.121. The van der Waals surface area contributed by atoms with Gasteiger partial charge in [0, 0.05) is 6.54 Å². The van der Waals surface area contributed by atoms with Crippen molar-refractivity contribution in [3.05, 3.63) is 29.1 Å². The van der Waals surface area contributed by atoms with Gasteiger partial charge in [0.15, 0.2) is 0 Å².